The van der Waals surface area contributed by atoms with Crippen molar-refractivity contribution in [3.63, 3.8) is 0 Å². The molecule has 1 amide bonds. The van der Waals surface area contributed by atoms with Gasteiger partial charge in [-0.05, 0) is 31.5 Å². The minimum absolute atomic E-state index is 0.0567. The number of hydrogen-bond acceptors (Lipinski definition) is 5. The first kappa shape index (κ1) is 19.2. The second-order valence-electron chi connectivity index (χ2n) is 6.59. The molecule has 28 heavy (non-hydrogen) atoms. The molecule has 0 aliphatic carbocycles. The van der Waals surface area contributed by atoms with Gasteiger partial charge in [-0.1, -0.05) is 42.5 Å². The standard InChI is InChI=1S/C22H22N4O2/c1-15(27)18-10-7-11-19(12-18)25-22(28)20-13-21(24-16(2)23-20)26(3)14-17-8-5-4-6-9-17/h4-13H,14H2,1-3H3,(H,25,28). The van der Waals surface area contributed by atoms with E-state index in [2.05, 4.69) is 15.3 Å². The Balaban J connectivity index is 1.79. The van der Waals surface area contributed by atoms with Gasteiger partial charge >= 0.3 is 0 Å². The predicted molar refractivity (Wildman–Crippen MR) is 110 cm³/mol. The van der Waals surface area contributed by atoms with Crippen molar-refractivity contribution in [1.82, 2.24) is 9.97 Å². The monoisotopic (exact) mass is 374 g/mol. The average molecular weight is 374 g/mol. The lowest BCUT2D eigenvalue weighted by molar-refractivity contribution is 0.100. The number of amides is 1. The van der Waals surface area contributed by atoms with Crippen LogP contribution in [0.15, 0.2) is 60.7 Å². The summed E-state index contributed by atoms with van der Waals surface area (Å²) >= 11 is 0. The summed E-state index contributed by atoms with van der Waals surface area (Å²) in [7, 11) is 1.92. The van der Waals surface area contributed by atoms with Crippen LogP contribution in [0.25, 0.3) is 0 Å². The van der Waals surface area contributed by atoms with E-state index in [-0.39, 0.29) is 17.4 Å². The summed E-state index contributed by atoms with van der Waals surface area (Å²) in [6.45, 7) is 3.91. The summed E-state index contributed by atoms with van der Waals surface area (Å²) in [6.07, 6.45) is 0. The van der Waals surface area contributed by atoms with Gasteiger partial charge in [0.15, 0.2) is 5.78 Å². The molecule has 0 saturated heterocycles. The van der Waals surface area contributed by atoms with E-state index in [1.165, 1.54) is 6.92 Å². The molecule has 0 fully saturated rings. The number of ketones is 1. The number of Topliss-reactive ketones (excluding diaryl/α,β-unsaturated/α-hetero) is 1. The second-order valence-corrected chi connectivity index (χ2v) is 6.59. The first-order chi connectivity index (χ1) is 13.4. The number of aryl methyl sites for hydroxylation is 1. The summed E-state index contributed by atoms with van der Waals surface area (Å²) in [5.41, 5.74) is 2.51. The molecule has 142 valence electrons. The topological polar surface area (TPSA) is 75.2 Å². The fraction of sp³-hybridized carbons (Fsp3) is 0.182. The Kier molecular flexibility index (Phi) is 5.79. The van der Waals surface area contributed by atoms with Crippen LogP contribution in [0.1, 0.15) is 39.2 Å². The van der Waals surface area contributed by atoms with Crippen molar-refractivity contribution in [2.75, 3.05) is 17.3 Å². The van der Waals surface area contributed by atoms with Crippen molar-refractivity contribution in [1.29, 1.82) is 0 Å². The maximum atomic E-state index is 12.7. The number of carbonyl (C=O) groups excluding carboxylic acids is 2. The maximum absolute atomic E-state index is 12.7. The molecule has 6 heteroatoms. The molecule has 0 aliphatic heterocycles. The number of rotatable bonds is 6. The van der Waals surface area contributed by atoms with Gasteiger partial charge in [0.25, 0.3) is 5.91 Å². The van der Waals surface area contributed by atoms with Crippen molar-refractivity contribution in [3.8, 4) is 0 Å². The quantitative estimate of drug-likeness (QED) is 0.663. The van der Waals surface area contributed by atoms with Crippen LogP contribution >= 0.6 is 0 Å². The fourth-order valence-electron chi connectivity index (χ4n) is 2.81. The van der Waals surface area contributed by atoms with E-state index in [1.807, 2.05) is 42.3 Å². The number of nitrogens with zero attached hydrogens (tertiary/aromatic N) is 3. The van der Waals surface area contributed by atoms with Gasteiger partial charge in [0.05, 0.1) is 0 Å². The highest BCUT2D eigenvalue weighted by Gasteiger charge is 2.14. The third kappa shape index (κ3) is 4.79. The molecule has 0 saturated carbocycles. The molecular weight excluding hydrogens is 352 g/mol. The van der Waals surface area contributed by atoms with E-state index < -0.39 is 0 Å². The minimum Gasteiger partial charge on any atom is -0.355 e. The third-order valence-corrected chi connectivity index (χ3v) is 4.24. The van der Waals surface area contributed by atoms with Crippen LogP contribution in [0, 0.1) is 6.92 Å². The lowest BCUT2D eigenvalue weighted by atomic mass is 10.1. The zero-order chi connectivity index (χ0) is 20.1. The largest absolute Gasteiger partial charge is 0.355 e. The lowest BCUT2D eigenvalue weighted by Gasteiger charge is -2.19. The molecule has 6 nitrogen and oxygen atoms in total. The average Bonchev–Trinajstić information content (AvgIpc) is 2.68. The Morgan fingerprint density at radius 1 is 1.00 bits per heavy atom. The number of aromatic nitrogens is 2. The fourth-order valence-corrected chi connectivity index (χ4v) is 2.81. The number of nitrogens with one attached hydrogen (secondary N) is 1. The van der Waals surface area contributed by atoms with Gasteiger partial charge in [0.1, 0.15) is 17.3 Å². The van der Waals surface area contributed by atoms with Gasteiger partial charge in [-0.3, -0.25) is 9.59 Å². The molecule has 1 N–H and O–H groups in total. The molecule has 3 rings (SSSR count). The van der Waals surface area contributed by atoms with Crippen molar-refractivity contribution >= 4 is 23.2 Å². The molecule has 0 radical (unpaired) electrons. The SMILES string of the molecule is CC(=O)c1cccc(NC(=O)c2cc(N(C)Cc3ccccc3)nc(C)n2)c1. The van der Waals surface area contributed by atoms with E-state index in [0.29, 0.717) is 29.4 Å². The summed E-state index contributed by atoms with van der Waals surface area (Å²) in [5, 5.41) is 2.80. The van der Waals surface area contributed by atoms with E-state index >= 15 is 0 Å². The van der Waals surface area contributed by atoms with Gasteiger partial charge in [0.2, 0.25) is 0 Å². The summed E-state index contributed by atoms with van der Waals surface area (Å²) < 4.78 is 0. The van der Waals surface area contributed by atoms with Crippen LogP contribution in [-0.2, 0) is 6.54 Å². The molecular formula is C22H22N4O2. The number of benzene rings is 2. The summed E-state index contributed by atoms with van der Waals surface area (Å²) in [6, 6.07) is 18.5. The van der Waals surface area contributed by atoms with Crippen LogP contribution in [-0.4, -0.2) is 28.7 Å². The first-order valence-corrected chi connectivity index (χ1v) is 8.95. The van der Waals surface area contributed by atoms with Crippen LogP contribution in [0.4, 0.5) is 11.5 Å². The summed E-state index contributed by atoms with van der Waals surface area (Å²) in [5.74, 6) is 0.776. The van der Waals surface area contributed by atoms with Gasteiger partial charge in [-0.15, -0.1) is 0 Å². The molecule has 0 atom stereocenters. The Bertz CT molecular complexity index is 1000. The second kappa shape index (κ2) is 8.43. The van der Waals surface area contributed by atoms with Crippen molar-refractivity contribution in [2.24, 2.45) is 0 Å². The highest BCUT2D eigenvalue weighted by Crippen LogP contribution is 2.17. The Labute approximate surface area is 164 Å². The number of carbonyl (C=O) groups is 2. The molecule has 0 spiro atoms. The Morgan fingerprint density at radius 3 is 2.46 bits per heavy atom. The van der Waals surface area contributed by atoms with Gasteiger partial charge in [-0.25, -0.2) is 9.97 Å². The molecule has 1 heterocycles. The van der Waals surface area contributed by atoms with Gasteiger partial charge < -0.3 is 10.2 Å². The maximum Gasteiger partial charge on any atom is 0.274 e. The van der Waals surface area contributed by atoms with Crippen molar-refractivity contribution in [2.45, 2.75) is 20.4 Å². The van der Waals surface area contributed by atoms with Crippen LogP contribution in [0.2, 0.25) is 0 Å². The van der Waals surface area contributed by atoms with Crippen molar-refractivity contribution in [3.05, 3.63) is 83.3 Å². The molecule has 1 aromatic heterocycles. The van der Waals surface area contributed by atoms with E-state index in [1.54, 1.807) is 37.3 Å². The predicted octanol–water partition coefficient (Wildman–Crippen LogP) is 3.88. The highest BCUT2D eigenvalue weighted by molar-refractivity contribution is 6.04. The highest BCUT2D eigenvalue weighted by atomic mass is 16.2. The van der Waals surface area contributed by atoms with E-state index in [9.17, 15) is 9.59 Å². The van der Waals surface area contributed by atoms with Crippen LogP contribution in [0.5, 0.6) is 0 Å². The van der Waals surface area contributed by atoms with E-state index in [0.717, 1.165) is 5.56 Å². The number of anilines is 2. The van der Waals surface area contributed by atoms with Gasteiger partial charge in [0, 0.05) is 30.9 Å². The Hall–Kier alpha value is -3.54. The molecule has 2 aromatic carbocycles. The van der Waals surface area contributed by atoms with Gasteiger partial charge in [-0.2, -0.15) is 0 Å². The third-order valence-electron chi connectivity index (χ3n) is 4.24. The molecule has 3 aromatic rings. The van der Waals surface area contributed by atoms with E-state index in [4.69, 9.17) is 0 Å². The van der Waals surface area contributed by atoms with Crippen LogP contribution < -0.4 is 10.2 Å². The summed E-state index contributed by atoms with van der Waals surface area (Å²) in [4.78, 5) is 34.9. The Morgan fingerprint density at radius 2 is 1.75 bits per heavy atom. The molecule has 0 aliphatic rings. The zero-order valence-electron chi connectivity index (χ0n) is 16.1. The smallest absolute Gasteiger partial charge is 0.274 e. The zero-order valence-corrected chi connectivity index (χ0v) is 16.1. The molecule has 0 bridgehead atoms. The number of hydrogen-bond donors (Lipinski definition) is 1. The minimum atomic E-state index is -0.347. The van der Waals surface area contributed by atoms with Crippen LogP contribution in [0.3, 0.4) is 0 Å². The van der Waals surface area contributed by atoms with Crippen molar-refractivity contribution < 1.29 is 9.59 Å². The lowest BCUT2D eigenvalue weighted by Crippen LogP contribution is -2.21. The molecule has 0 unspecified atom stereocenters. The normalized spacial score (nSPS) is 10.4. The first-order valence-electron chi connectivity index (χ1n) is 8.95.